The predicted octanol–water partition coefficient (Wildman–Crippen LogP) is 5.35. The Balaban J connectivity index is 1.32. The van der Waals surface area contributed by atoms with Gasteiger partial charge >= 0.3 is 5.97 Å². The topological polar surface area (TPSA) is 108 Å². The molecule has 3 aliphatic rings. The second kappa shape index (κ2) is 12.4. The van der Waals surface area contributed by atoms with Crippen LogP contribution < -0.4 is 5.32 Å². The van der Waals surface area contributed by atoms with Gasteiger partial charge in [0.05, 0.1) is 25.2 Å². The second-order valence-corrected chi connectivity index (χ2v) is 13.9. The molecule has 3 N–H and O–H groups in total. The Morgan fingerprint density at radius 1 is 0.952 bits per heavy atom. The molecule has 0 aromatic heterocycles. The number of amides is 1. The Kier molecular flexibility index (Phi) is 9.09. The first-order valence-corrected chi connectivity index (χ1v) is 15.3. The lowest BCUT2D eigenvalue weighted by Gasteiger charge is -2.43. The molecule has 8 nitrogen and oxygen atoms in total. The second-order valence-electron chi connectivity index (χ2n) is 13.9. The lowest BCUT2D eigenvalue weighted by atomic mass is 9.65. The fraction of sp³-hybridized carbons (Fsp3) is 0.588. The number of fused-ring (bicyclic) bond motifs is 2. The van der Waals surface area contributed by atoms with E-state index < -0.39 is 12.3 Å². The van der Waals surface area contributed by atoms with Crippen molar-refractivity contribution < 1.29 is 29.3 Å². The minimum Gasteiger partial charge on any atom is -0.481 e. The van der Waals surface area contributed by atoms with Crippen molar-refractivity contribution in [2.24, 2.45) is 16.7 Å². The number of likely N-dealkylation sites (tertiary alicyclic amines) is 1. The summed E-state index contributed by atoms with van der Waals surface area (Å²) in [6.45, 7) is 11.8. The lowest BCUT2D eigenvalue weighted by molar-refractivity contribution is -0.276. The van der Waals surface area contributed by atoms with Gasteiger partial charge in [-0.3, -0.25) is 14.5 Å². The van der Waals surface area contributed by atoms with E-state index in [1.807, 2.05) is 36.4 Å². The van der Waals surface area contributed by atoms with Gasteiger partial charge in [-0.05, 0) is 46.8 Å². The van der Waals surface area contributed by atoms with Crippen molar-refractivity contribution in [2.45, 2.75) is 97.5 Å². The van der Waals surface area contributed by atoms with Crippen molar-refractivity contribution in [3.8, 4) is 0 Å². The number of ether oxygens (including phenoxy) is 2. The van der Waals surface area contributed by atoms with E-state index >= 15 is 0 Å². The molecule has 1 saturated carbocycles. The van der Waals surface area contributed by atoms with Gasteiger partial charge in [-0.25, -0.2) is 0 Å². The van der Waals surface area contributed by atoms with Crippen LogP contribution in [0.1, 0.15) is 94.4 Å². The number of rotatable bonds is 10. The summed E-state index contributed by atoms with van der Waals surface area (Å²) in [4.78, 5) is 25.3. The van der Waals surface area contributed by atoms with Crippen LogP contribution in [0.2, 0.25) is 0 Å². The Morgan fingerprint density at radius 2 is 1.62 bits per heavy atom. The van der Waals surface area contributed by atoms with Crippen LogP contribution in [0.25, 0.3) is 0 Å². The van der Waals surface area contributed by atoms with Crippen molar-refractivity contribution in [3.63, 3.8) is 0 Å². The number of aliphatic carboxylic acids is 1. The summed E-state index contributed by atoms with van der Waals surface area (Å²) >= 11 is 0. The summed E-state index contributed by atoms with van der Waals surface area (Å²) in [6, 6.07) is 16.4. The lowest BCUT2D eigenvalue weighted by Crippen LogP contribution is -2.46. The Hall–Kier alpha value is -2.78. The first-order valence-electron chi connectivity index (χ1n) is 15.3. The highest BCUT2D eigenvalue weighted by Gasteiger charge is 2.51. The number of nitrogens with one attached hydrogen (secondary N) is 1. The van der Waals surface area contributed by atoms with Crippen LogP contribution in [0.4, 0.5) is 0 Å². The van der Waals surface area contributed by atoms with Crippen LogP contribution >= 0.6 is 0 Å². The minimum absolute atomic E-state index is 0.00749. The van der Waals surface area contributed by atoms with E-state index in [9.17, 15) is 14.7 Å². The number of hydrogen-bond donors (Lipinski definition) is 3. The molecule has 2 bridgehead atoms. The van der Waals surface area contributed by atoms with Gasteiger partial charge in [0, 0.05) is 43.6 Å². The molecule has 1 aliphatic carbocycles. The highest BCUT2D eigenvalue weighted by molar-refractivity contribution is 5.80. The van der Waals surface area contributed by atoms with E-state index in [-0.39, 0.29) is 43.5 Å². The van der Waals surface area contributed by atoms with Gasteiger partial charge in [-0.2, -0.15) is 0 Å². The van der Waals surface area contributed by atoms with Crippen LogP contribution in [-0.4, -0.2) is 52.2 Å². The van der Waals surface area contributed by atoms with Gasteiger partial charge in [0.15, 0.2) is 6.29 Å². The molecule has 3 fully saturated rings. The number of carboxylic acid groups (broad SMARTS) is 1. The molecular weight excluding hydrogens is 532 g/mol. The van der Waals surface area contributed by atoms with Gasteiger partial charge in [-0.15, -0.1) is 0 Å². The van der Waals surface area contributed by atoms with Gasteiger partial charge in [0.1, 0.15) is 0 Å². The molecule has 0 spiro atoms. The largest absolute Gasteiger partial charge is 0.481 e. The van der Waals surface area contributed by atoms with Crippen LogP contribution in [-0.2, 0) is 32.2 Å². The average molecular weight is 579 g/mol. The molecule has 1 amide bonds. The molecule has 8 heteroatoms. The molecule has 5 rings (SSSR count). The van der Waals surface area contributed by atoms with Crippen molar-refractivity contribution >= 4 is 11.9 Å². The third-order valence-corrected chi connectivity index (χ3v) is 9.37. The summed E-state index contributed by atoms with van der Waals surface area (Å²) in [6.07, 6.45) is 2.77. The number of hydrogen-bond acceptors (Lipinski definition) is 6. The molecule has 42 heavy (non-hydrogen) atoms. The normalized spacial score (nSPS) is 30.6. The monoisotopic (exact) mass is 578 g/mol. The predicted molar refractivity (Wildman–Crippen MR) is 159 cm³/mol. The summed E-state index contributed by atoms with van der Waals surface area (Å²) in [7, 11) is 0. The number of nitrogens with zero attached hydrogens (tertiary/aromatic N) is 1. The van der Waals surface area contributed by atoms with Crippen molar-refractivity contribution in [1.82, 2.24) is 10.2 Å². The maximum Gasteiger partial charge on any atom is 0.303 e. The SMILES string of the molecule is C[C@@H]1[C@H](CN2CC3(C)CC2CC(C)(C)C3)O[C@H](c2ccc(CNC(=O)CCC(=O)O)cc2)O[C@@H]1c1ccc(CO)cc1. The molecule has 6 atom stereocenters. The van der Waals surface area contributed by atoms with Crippen molar-refractivity contribution in [3.05, 3.63) is 70.8 Å². The Labute approximate surface area is 249 Å². The zero-order chi connectivity index (χ0) is 30.1. The molecule has 2 aliphatic heterocycles. The number of aliphatic hydroxyl groups excluding tert-OH is 1. The number of benzene rings is 2. The number of carbonyl (C=O) groups excluding carboxylic acids is 1. The molecule has 2 unspecified atom stereocenters. The fourth-order valence-electron chi connectivity index (χ4n) is 7.65. The van der Waals surface area contributed by atoms with E-state index in [0.717, 1.165) is 35.3 Å². The molecule has 228 valence electrons. The molecule has 2 aromatic rings. The number of aliphatic hydroxyl groups is 1. The summed E-state index contributed by atoms with van der Waals surface area (Å²) in [5.74, 6) is -1.14. The van der Waals surface area contributed by atoms with E-state index in [1.165, 1.54) is 19.3 Å². The number of carbonyl (C=O) groups is 2. The molecule has 0 radical (unpaired) electrons. The molecular formula is C34H46N2O6. The van der Waals surface area contributed by atoms with Gasteiger partial charge in [-0.1, -0.05) is 76.2 Å². The number of carboxylic acids is 1. The van der Waals surface area contributed by atoms with Crippen LogP contribution in [0.15, 0.2) is 48.5 Å². The Bertz CT molecular complexity index is 1250. The molecule has 2 saturated heterocycles. The van der Waals surface area contributed by atoms with E-state index in [2.05, 4.69) is 50.0 Å². The molecule has 2 heterocycles. The first-order chi connectivity index (χ1) is 19.9. The average Bonchev–Trinajstić information content (AvgIpc) is 3.19. The fourth-order valence-corrected chi connectivity index (χ4v) is 7.65. The summed E-state index contributed by atoms with van der Waals surface area (Å²) in [5, 5.41) is 21.1. The van der Waals surface area contributed by atoms with Crippen LogP contribution in [0.5, 0.6) is 0 Å². The zero-order valence-corrected chi connectivity index (χ0v) is 25.3. The van der Waals surface area contributed by atoms with E-state index in [4.69, 9.17) is 14.6 Å². The van der Waals surface area contributed by atoms with Crippen molar-refractivity contribution in [1.29, 1.82) is 0 Å². The van der Waals surface area contributed by atoms with Gasteiger partial charge < -0.3 is 25.0 Å². The smallest absolute Gasteiger partial charge is 0.303 e. The standard InChI is InChI=1S/C34H46N2O6/c1-22-28(18-36-21-34(4)16-27(36)15-33(2,3)20-34)41-32(42-31(22)25-9-7-24(19-37)8-10-25)26-11-5-23(6-12-26)17-35-29(38)13-14-30(39)40/h5-12,22,27-28,31-32,37H,13-21H2,1-4H3,(H,35,38)(H,39,40)/t22-,27?,28+,31+,32+,34?/m1/s1. The van der Waals surface area contributed by atoms with Gasteiger partial charge in [0.25, 0.3) is 0 Å². The third kappa shape index (κ3) is 7.22. The Morgan fingerprint density at radius 3 is 2.29 bits per heavy atom. The maximum atomic E-state index is 11.9. The maximum absolute atomic E-state index is 11.9. The first kappa shape index (κ1) is 30.7. The highest BCUT2D eigenvalue weighted by Crippen LogP contribution is 2.53. The zero-order valence-electron chi connectivity index (χ0n) is 25.3. The molecule has 2 aromatic carbocycles. The van der Waals surface area contributed by atoms with E-state index in [1.54, 1.807) is 0 Å². The highest BCUT2D eigenvalue weighted by atomic mass is 16.7. The van der Waals surface area contributed by atoms with Crippen molar-refractivity contribution in [2.75, 3.05) is 13.1 Å². The van der Waals surface area contributed by atoms with Gasteiger partial charge in [0.2, 0.25) is 5.91 Å². The van der Waals surface area contributed by atoms with Crippen LogP contribution in [0, 0.1) is 16.7 Å². The summed E-state index contributed by atoms with van der Waals surface area (Å²) < 4.78 is 13.4. The third-order valence-electron chi connectivity index (χ3n) is 9.37. The van der Waals surface area contributed by atoms with E-state index in [0.29, 0.717) is 23.4 Å². The summed E-state index contributed by atoms with van der Waals surface area (Å²) in [5.41, 5.74) is 4.48. The van der Waals surface area contributed by atoms with Crippen LogP contribution in [0.3, 0.4) is 0 Å². The quantitative estimate of drug-likeness (QED) is 0.349. The minimum atomic E-state index is -0.983.